The molecule has 0 spiro atoms. The van der Waals surface area contributed by atoms with Crippen molar-refractivity contribution in [1.82, 2.24) is 39.0 Å². The number of halogens is 4. The number of aromatic nitrogens is 6. The summed E-state index contributed by atoms with van der Waals surface area (Å²) in [7, 11) is -9.04. The number of hydrogen-bond donors (Lipinski definition) is 6. The molecule has 6 aromatic rings. The molecule has 2 saturated heterocycles. The van der Waals surface area contributed by atoms with Crippen LogP contribution in [0.5, 0.6) is 0 Å². The van der Waals surface area contributed by atoms with E-state index in [1.54, 1.807) is 58.2 Å². The number of rotatable bonds is 18. The van der Waals surface area contributed by atoms with Gasteiger partial charge in [-0.1, -0.05) is 23.2 Å². The number of nitrogens with zero attached hydrogens (tertiary/aromatic N) is 8. The third-order valence-electron chi connectivity index (χ3n) is 11.7. The summed E-state index contributed by atoms with van der Waals surface area (Å²) in [6.07, 6.45) is 9.39. The van der Waals surface area contributed by atoms with E-state index in [1.165, 1.54) is 65.5 Å². The molecule has 2 saturated carbocycles. The lowest BCUT2D eigenvalue weighted by Crippen LogP contribution is -2.33. The molecule has 30 heteroatoms. The fourth-order valence-electron chi connectivity index (χ4n) is 7.94. The van der Waals surface area contributed by atoms with Crippen LogP contribution in [0.1, 0.15) is 91.2 Å². The normalized spacial score (nSPS) is 17.4. The van der Waals surface area contributed by atoms with E-state index >= 15 is 0 Å². The molecule has 4 fully saturated rings. The van der Waals surface area contributed by atoms with E-state index in [0.29, 0.717) is 54.8 Å². The maximum atomic E-state index is 14.5. The van der Waals surface area contributed by atoms with Crippen LogP contribution >= 0.6 is 38.8 Å². The maximum absolute atomic E-state index is 14.5. The summed E-state index contributed by atoms with van der Waals surface area (Å²) >= 11 is 12.1. The number of benzene rings is 2. The Labute approximate surface area is 465 Å². The molecule has 0 radical (unpaired) electrons. The lowest BCUT2D eigenvalue weighted by molar-refractivity contribution is -0.143. The van der Waals surface area contributed by atoms with Crippen LogP contribution in [0, 0.1) is 11.6 Å². The summed E-state index contributed by atoms with van der Waals surface area (Å²) < 4.78 is 77.2. The van der Waals surface area contributed by atoms with Crippen molar-refractivity contribution in [3.05, 3.63) is 105 Å². The van der Waals surface area contributed by atoms with Gasteiger partial charge in [-0.15, -0.1) is 0 Å². The fourth-order valence-corrected chi connectivity index (χ4v) is 10.3. The number of likely N-dealkylation sites (tertiary alicyclic amines) is 2. The van der Waals surface area contributed by atoms with Gasteiger partial charge in [-0.2, -0.15) is 19.2 Å². The molecule has 6 heterocycles. The molecule has 4 amide bonds. The van der Waals surface area contributed by atoms with Crippen LogP contribution in [0.3, 0.4) is 0 Å². The number of carbonyl (C=O) groups excluding carboxylic acids is 4. The molecule has 424 valence electrons. The van der Waals surface area contributed by atoms with Gasteiger partial charge in [-0.25, -0.2) is 27.9 Å². The molecule has 4 aromatic heterocycles. The second kappa shape index (κ2) is 22.7. The Kier molecular flexibility index (Phi) is 16.4. The number of amides is 4. The van der Waals surface area contributed by atoms with E-state index in [4.69, 9.17) is 46.6 Å². The van der Waals surface area contributed by atoms with Crippen molar-refractivity contribution >= 4 is 121 Å². The number of phosphoric acid groups is 2. The molecular formula is C50H54Cl2F2N12O12P2. The van der Waals surface area contributed by atoms with Gasteiger partial charge in [-0.05, 0) is 116 Å². The molecule has 0 atom stereocenters. The minimum Gasteiger partial charge on any atom is -0.367 e. The summed E-state index contributed by atoms with van der Waals surface area (Å²) in [5.41, 5.74) is 0.259. The molecule has 6 N–H and O–H groups in total. The van der Waals surface area contributed by atoms with Crippen LogP contribution in [0.4, 0.5) is 43.4 Å². The van der Waals surface area contributed by atoms with Crippen LogP contribution in [0.2, 0.25) is 10.0 Å². The SMILES string of the molecule is CC(C)(C)OP(=O)(OCN1C(=O)C/C(=C\c2cnn3c(NC4CC4)cc(Nc4cc(Cl)ccc4F)nc23)C1=O)OC(C)(C)C.O=C1C/C(=C\c2cnn3c(NC4CC4)cc(Nc4cc(Cl)ccc4F)nc23)C(=O)N1COP(=O)(O)O. The standard InChI is InChI=1S/C29H35ClFN6O6P.C21H19ClFN6O6P/c1-28(2,3)42-44(40,43-29(4,5)6)41-16-36-25(38)12-17(27(36)39)11-18-15-32-37-24(33-20-8-9-20)14-23(35-26(18)37)34-22-13-19(30)7-10-21(22)31;22-13-1-4-15(23)16(7-13)26-17-8-18(25-14-2-3-14)29-20(27-17)12(9-24-29)5-11-6-19(30)28(21(11)31)10-35-36(32,33)34/h7,10-11,13-15,20,33H,8-9,12,16H2,1-6H3,(H,34,35);1,4-5,7-9,14,25H,2-3,6,10H2,(H,26,27)(H2,32,33,34)/b17-11+;11-5+. The van der Waals surface area contributed by atoms with E-state index in [1.807, 2.05) is 0 Å². The van der Waals surface area contributed by atoms with E-state index in [-0.39, 0.29) is 53.3 Å². The summed E-state index contributed by atoms with van der Waals surface area (Å²) in [5, 5.41) is 22.1. The predicted octanol–water partition coefficient (Wildman–Crippen LogP) is 9.74. The van der Waals surface area contributed by atoms with Crippen molar-refractivity contribution < 1.29 is 65.0 Å². The first-order valence-electron chi connectivity index (χ1n) is 24.8. The number of nitrogens with one attached hydrogen (secondary N) is 4. The van der Waals surface area contributed by atoms with Gasteiger partial charge < -0.3 is 31.1 Å². The monoisotopic (exact) mass is 1180 g/mol. The van der Waals surface area contributed by atoms with Gasteiger partial charge in [0, 0.05) is 56.5 Å². The topological polar surface area (TPSA) is 295 Å². The Bertz CT molecular complexity index is 3610. The third-order valence-corrected chi connectivity index (χ3v) is 14.6. The number of anilines is 6. The van der Waals surface area contributed by atoms with Crippen LogP contribution in [-0.2, 0) is 46.4 Å². The Hall–Kier alpha value is -6.70. The minimum absolute atomic E-state index is 0.0713. The smallest absolute Gasteiger partial charge is 0.367 e. The Morgan fingerprint density at radius 2 is 1.05 bits per heavy atom. The molecule has 80 heavy (non-hydrogen) atoms. The fraction of sp³-hybridized carbons (Fsp3) is 0.360. The van der Waals surface area contributed by atoms with E-state index in [2.05, 4.69) is 46.0 Å². The summed E-state index contributed by atoms with van der Waals surface area (Å²) in [4.78, 5) is 79.4. The largest absolute Gasteiger partial charge is 0.477 e. The highest BCUT2D eigenvalue weighted by Gasteiger charge is 2.42. The zero-order chi connectivity index (χ0) is 57.6. The van der Waals surface area contributed by atoms with Gasteiger partial charge in [0.05, 0.1) is 47.8 Å². The quantitative estimate of drug-likeness (QED) is 0.0265. The molecular weight excluding hydrogens is 1130 g/mol. The molecule has 0 bridgehead atoms. The molecule has 2 aromatic carbocycles. The van der Waals surface area contributed by atoms with Gasteiger partial charge in [-0.3, -0.25) is 47.1 Å². The number of phosphoric ester groups is 2. The van der Waals surface area contributed by atoms with E-state index in [0.717, 1.165) is 30.6 Å². The highest BCUT2D eigenvalue weighted by Crippen LogP contribution is 2.55. The van der Waals surface area contributed by atoms with Crippen LogP contribution in [0.25, 0.3) is 23.4 Å². The van der Waals surface area contributed by atoms with Crippen LogP contribution in [-0.4, -0.2) is 109 Å². The first-order valence-corrected chi connectivity index (χ1v) is 28.5. The second-order valence-electron chi connectivity index (χ2n) is 20.9. The molecule has 0 unspecified atom stereocenters. The Balaban J connectivity index is 0.000000197. The van der Waals surface area contributed by atoms with Crippen LogP contribution < -0.4 is 21.3 Å². The second-order valence-corrected chi connectivity index (χ2v) is 24.5. The summed E-state index contributed by atoms with van der Waals surface area (Å²) in [5.74, 6) is -1.81. The van der Waals surface area contributed by atoms with Crippen LogP contribution in [0.15, 0.2) is 72.1 Å². The number of fused-ring (bicyclic) bond motifs is 2. The zero-order valence-electron chi connectivity index (χ0n) is 43.7. The van der Waals surface area contributed by atoms with Gasteiger partial charge in [0.1, 0.15) is 48.4 Å². The maximum Gasteiger partial charge on any atom is 0.477 e. The van der Waals surface area contributed by atoms with Crippen molar-refractivity contribution in [2.45, 2.75) is 103 Å². The molecule has 4 aliphatic rings. The lowest BCUT2D eigenvalue weighted by atomic mass is 10.1. The first kappa shape index (κ1) is 58.0. The van der Waals surface area contributed by atoms with Gasteiger partial charge in [0.15, 0.2) is 11.3 Å². The number of hydrogen-bond acceptors (Lipinski definition) is 18. The van der Waals surface area contributed by atoms with Crippen molar-refractivity contribution in [2.24, 2.45) is 0 Å². The highest BCUT2D eigenvalue weighted by atomic mass is 35.5. The molecule has 10 rings (SSSR count). The highest BCUT2D eigenvalue weighted by molar-refractivity contribution is 7.48. The summed E-state index contributed by atoms with van der Waals surface area (Å²) in [6.45, 7) is 8.61. The summed E-state index contributed by atoms with van der Waals surface area (Å²) in [6, 6.07) is 12.1. The van der Waals surface area contributed by atoms with Gasteiger partial charge >= 0.3 is 15.6 Å². The van der Waals surface area contributed by atoms with Crippen molar-refractivity contribution in [3.8, 4) is 0 Å². The van der Waals surface area contributed by atoms with Crippen molar-refractivity contribution in [1.29, 1.82) is 0 Å². The minimum atomic E-state index is -4.87. The number of imide groups is 2. The average molecular weight is 1190 g/mol. The van der Waals surface area contributed by atoms with Crippen molar-refractivity contribution in [2.75, 3.05) is 34.7 Å². The Morgan fingerprint density at radius 1 is 0.650 bits per heavy atom. The number of carbonyl (C=O) groups is 4. The average Bonchev–Trinajstić information content (AvgIpc) is 4.27. The molecule has 24 nitrogen and oxygen atoms in total. The van der Waals surface area contributed by atoms with Gasteiger partial charge in [0.2, 0.25) is 11.8 Å². The van der Waals surface area contributed by atoms with Gasteiger partial charge in [0.25, 0.3) is 11.8 Å². The van der Waals surface area contributed by atoms with E-state index in [9.17, 15) is 37.1 Å². The molecule has 2 aliphatic carbocycles. The predicted molar refractivity (Wildman–Crippen MR) is 291 cm³/mol. The Morgan fingerprint density at radius 3 is 1.43 bits per heavy atom. The first-order chi connectivity index (χ1) is 37.6. The lowest BCUT2D eigenvalue weighted by Gasteiger charge is -2.31. The zero-order valence-corrected chi connectivity index (χ0v) is 47.0. The third kappa shape index (κ3) is 14.6. The van der Waals surface area contributed by atoms with E-state index < -0.39 is 75.6 Å². The molecule has 2 aliphatic heterocycles. The van der Waals surface area contributed by atoms with Crippen molar-refractivity contribution in [3.63, 3.8) is 0 Å².